The van der Waals surface area contributed by atoms with Crippen molar-refractivity contribution in [3.8, 4) is 0 Å². The fourth-order valence-electron chi connectivity index (χ4n) is 1.95. The maximum absolute atomic E-state index is 12.0. The summed E-state index contributed by atoms with van der Waals surface area (Å²) in [5.74, 6) is -0.470. The molecule has 0 spiro atoms. The lowest BCUT2D eigenvalue weighted by Gasteiger charge is -2.20. The fraction of sp³-hybridized carbons (Fsp3) is 0.529. The van der Waals surface area contributed by atoms with Crippen LogP contribution in [0.15, 0.2) is 18.2 Å². The van der Waals surface area contributed by atoms with Gasteiger partial charge in [0, 0.05) is 12.7 Å². The molecule has 0 aliphatic rings. The van der Waals surface area contributed by atoms with Crippen molar-refractivity contribution in [3.05, 3.63) is 29.3 Å². The lowest BCUT2D eigenvalue weighted by atomic mass is 10.0. The highest BCUT2D eigenvalue weighted by atomic mass is 16.3. The van der Waals surface area contributed by atoms with Gasteiger partial charge < -0.3 is 15.3 Å². The number of amides is 2. The van der Waals surface area contributed by atoms with Crippen LogP contribution < -0.4 is 5.32 Å². The van der Waals surface area contributed by atoms with Gasteiger partial charge in [-0.1, -0.05) is 26.0 Å². The van der Waals surface area contributed by atoms with Gasteiger partial charge in [-0.15, -0.1) is 0 Å². The molecule has 2 amide bonds. The Labute approximate surface area is 132 Å². The van der Waals surface area contributed by atoms with E-state index in [-0.39, 0.29) is 30.7 Å². The third-order valence-corrected chi connectivity index (χ3v) is 3.84. The van der Waals surface area contributed by atoms with Gasteiger partial charge >= 0.3 is 0 Å². The Kier molecular flexibility index (Phi) is 6.56. The first-order valence-corrected chi connectivity index (χ1v) is 7.50. The molecular formula is C17H26N2O3. The number of hydrogen-bond donors (Lipinski definition) is 2. The van der Waals surface area contributed by atoms with E-state index in [0.717, 1.165) is 16.8 Å². The number of benzene rings is 1. The number of carbonyl (C=O) groups is 2. The van der Waals surface area contributed by atoms with E-state index in [1.807, 2.05) is 45.9 Å². The van der Waals surface area contributed by atoms with Crippen LogP contribution in [0.1, 0.15) is 31.4 Å². The Hall–Kier alpha value is -1.88. The maximum Gasteiger partial charge on any atom is 0.243 e. The van der Waals surface area contributed by atoms with Gasteiger partial charge in [-0.3, -0.25) is 9.59 Å². The highest BCUT2D eigenvalue weighted by Gasteiger charge is 2.19. The number of aliphatic hydroxyl groups is 1. The number of rotatable bonds is 6. The van der Waals surface area contributed by atoms with Crippen molar-refractivity contribution in [1.82, 2.24) is 4.90 Å². The molecule has 0 saturated heterocycles. The van der Waals surface area contributed by atoms with Crippen LogP contribution in [0.4, 0.5) is 5.69 Å². The van der Waals surface area contributed by atoms with Crippen LogP contribution in [0.5, 0.6) is 0 Å². The number of aryl methyl sites for hydroxylation is 1. The summed E-state index contributed by atoms with van der Waals surface area (Å²) in [6, 6.07) is 5.70. The Morgan fingerprint density at radius 3 is 2.50 bits per heavy atom. The molecular weight excluding hydrogens is 280 g/mol. The summed E-state index contributed by atoms with van der Waals surface area (Å²) < 4.78 is 0. The minimum absolute atomic E-state index is 0.0149. The molecule has 1 unspecified atom stereocenters. The molecule has 0 aliphatic carbocycles. The summed E-state index contributed by atoms with van der Waals surface area (Å²) in [5, 5.41) is 12.6. The molecule has 0 aliphatic heterocycles. The van der Waals surface area contributed by atoms with E-state index in [4.69, 9.17) is 0 Å². The maximum atomic E-state index is 12.0. The molecule has 5 heteroatoms. The molecule has 22 heavy (non-hydrogen) atoms. The standard InChI is InChI=1S/C17H26N2O3/c1-11(2)15(20)9-17(22)19(5)10-16(21)18-14-8-6-7-12(3)13(14)4/h6-8,11,15,20H,9-10H2,1-5H3,(H,18,21). The normalized spacial score (nSPS) is 12.1. The van der Waals surface area contributed by atoms with E-state index in [1.165, 1.54) is 4.90 Å². The van der Waals surface area contributed by atoms with Crippen LogP contribution >= 0.6 is 0 Å². The predicted molar refractivity (Wildman–Crippen MR) is 87.6 cm³/mol. The van der Waals surface area contributed by atoms with Crippen molar-refractivity contribution in [1.29, 1.82) is 0 Å². The number of anilines is 1. The third-order valence-electron chi connectivity index (χ3n) is 3.84. The van der Waals surface area contributed by atoms with Crippen LogP contribution in [0.25, 0.3) is 0 Å². The van der Waals surface area contributed by atoms with E-state index in [2.05, 4.69) is 5.32 Å². The summed E-state index contributed by atoms with van der Waals surface area (Å²) in [6.45, 7) is 7.60. The van der Waals surface area contributed by atoms with Gasteiger partial charge in [0.2, 0.25) is 11.8 Å². The quantitative estimate of drug-likeness (QED) is 0.845. The van der Waals surface area contributed by atoms with E-state index in [0.29, 0.717) is 0 Å². The second-order valence-electron chi connectivity index (χ2n) is 6.06. The molecule has 1 aromatic rings. The molecule has 0 bridgehead atoms. The number of hydrogen-bond acceptors (Lipinski definition) is 3. The topological polar surface area (TPSA) is 69.6 Å². The third kappa shape index (κ3) is 5.15. The molecule has 0 heterocycles. The molecule has 1 atom stereocenters. The number of carbonyl (C=O) groups excluding carboxylic acids is 2. The Balaban J connectivity index is 2.57. The number of likely N-dealkylation sites (N-methyl/N-ethyl adjacent to an activating group) is 1. The van der Waals surface area contributed by atoms with E-state index < -0.39 is 6.10 Å². The number of aliphatic hydroxyl groups excluding tert-OH is 1. The van der Waals surface area contributed by atoms with Crippen molar-refractivity contribution >= 4 is 17.5 Å². The number of nitrogens with one attached hydrogen (secondary N) is 1. The first kappa shape index (κ1) is 18.2. The summed E-state index contributed by atoms with van der Waals surface area (Å²) in [4.78, 5) is 25.3. The Morgan fingerprint density at radius 2 is 1.91 bits per heavy atom. The smallest absolute Gasteiger partial charge is 0.243 e. The lowest BCUT2D eigenvalue weighted by Crippen LogP contribution is -2.37. The molecule has 0 fully saturated rings. The van der Waals surface area contributed by atoms with Crippen LogP contribution in [0.3, 0.4) is 0 Å². The van der Waals surface area contributed by atoms with Crippen molar-refractivity contribution in [2.24, 2.45) is 5.92 Å². The molecule has 5 nitrogen and oxygen atoms in total. The Bertz CT molecular complexity index is 541. The van der Waals surface area contributed by atoms with Gasteiger partial charge in [-0.05, 0) is 37.0 Å². The molecule has 1 rings (SSSR count). The summed E-state index contributed by atoms with van der Waals surface area (Å²) >= 11 is 0. The zero-order valence-electron chi connectivity index (χ0n) is 14.0. The van der Waals surface area contributed by atoms with Crippen LogP contribution in [-0.2, 0) is 9.59 Å². The SMILES string of the molecule is Cc1cccc(NC(=O)CN(C)C(=O)CC(O)C(C)C)c1C. The molecule has 1 aromatic carbocycles. The van der Waals surface area contributed by atoms with Crippen molar-refractivity contribution < 1.29 is 14.7 Å². The van der Waals surface area contributed by atoms with Crippen LogP contribution in [0, 0.1) is 19.8 Å². The van der Waals surface area contributed by atoms with E-state index in [9.17, 15) is 14.7 Å². The molecule has 0 aromatic heterocycles. The van der Waals surface area contributed by atoms with Crippen molar-refractivity contribution in [3.63, 3.8) is 0 Å². The van der Waals surface area contributed by atoms with Crippen molar-refractivity contribution in [2.45, 2.75) is 40.2 Å². The van der Waals surface area contributed by atoms with Gasteiger partial charge in [0.05, 0.1) is 19.1 Å². The first-order valence-electron chi connectivity index (χ1n) is 7.50. The highest BCUT2D eigenvalue weighted by Crippen LogP contribution is 2.17. The summed E-state index contributed by atoms with van der Waals surface area (Å²) in [5.41, 5.74) is 2.87. The summed E-state index contributed by atoms with van der Waals surface area (Å²) in [7, 11) is 1.57. The van der Waals surface area contributed by atoms with Crippen molar-refractivity contribution in [2.75, 3.05) is 18.9 Å². The first-order chi connectivity index (χ1) is 10.2. The second-order valence-corrected chi connectivity index (χ2v) is 6.06. The van der Waals surface area contributed by atoms with Gasteiger partial charge in [-0.2, -0.15) is 0 Å². The van der Waals surface area contributed by atoms with Gasteiger partial charge in [0.15, 0.2) is 0 Å². The number of nitrogens with zero attached hydrogens (tertiary/aromatic N) is 1. The van der Waals surface area contributed by atoms with Crippen LogP contribution in [-0.4, -0.2) is 41.5 Å². The highest BCUT2D eigenvalue weighted by molar-refractivity contribution is 5.95. The largest absolute Gasteiger partial charge is 0.392 e. The average Bonchev–Trinajstić information content (AvgIpc) is 2.43. The van der Waals surface area contributed by atoms with Gasteiger partial charge in [-0.25, -0.2) is 0 Å². The predicted octanol–water partition coefficient (Wildman–Crippen LogP) is 2.11. The average molecular weight is 306 g/mol. The molecule has 0 radical (unpaired) electrons. The van der Waals surface area contributed by atoms with Gasteiger partial charge in [0.1, 0.15) is 0 Å². The van der Waals surface area contributed by atoms with Crippen LogP contribution in [0.2, 0.25) is 0 Å². The molecule has 2 N–H and O–H groups in total. The lowest BCUT2D eigenvalue weighted by molar-refractivity contribution is -0.135. The zero-order valence-corrected chi connectivity index (χ0v) is 14.0. The van der Waals surface area contributed by atoms with E-state index >= 15 is 0 Å². The Morgan fingerprint density at radius 1 is 1.27 bits per heavy atom. The monoisotopic (exact) mass is 306 g/mol. The summed E-state index contributed by atoms with van der Waals surface area (Å²) in [6.07, 6.45) is -0.651. The zero-order chi connectivity index (χ0) is 16.9. The van der Waals surface area contributed by atoms with E-state index in [1.54, 1.807) is 7.05 Å². The fourth-order valence-corrected chi connectivity index (χ4v) is 1.95. The minimum atomic E-state index is -0.683. The molecule has 122 valence electrons. The minimum Gasteiger partial charge on any atom is -0.392 e. The van der Waals surface area contributed by atoms with Gasteiger partial charge in [0.25, 0.3) is 0 Å². The second kappa shape index (κ2) is 7.94. The molecule has 0 saturated carbocycles.